The smallest absolute Gasteiger partial charge is 0.198 e. The van der Waals surface area contributed by atoms with Crippen molar-refractivity contribution in [2.24, 2.45) is 0 Å². The van der Waals surface area contributed by atoms with Gasteiger partial charge in [-0.3, -0.25) is 0 Å². The van der Waals surface area contributed by atoms with E-state index in [2.05, 4.69) is 15.6 Å². The molecular formula is C16H19N3O2S. The Morgan fingerprint density at radius 1 is 1.32 bits per heavy atom. The maximum absolute atomic E-state index is 5.76. The fourth-order valence-electron chi connectivity index (χ4n) is 2.72. The Balaban J connectivity index is 1.38. The van der Waals surface area contributed by atoms with Gasteiger partial charge in [0.05, 0.1) is 6.10 Å². The van der Waals surface area contributed by atoms with Crippen LogP contribution >= 0.6 is 12.2 Å². The Labute approximate surface area is 134 Å². The van der Waals surface area contributed by atoms with Crippen molar-refractivity contribution in [3.8, 4) is 0 Å². The second-order valence-corrected chi connectivity index (χ2v) is 6.39. The lowest BCUT2D eigenvalue weighted by atomic mass is 10.2. The fraction of sp³-hybridized carbons (Fsp3) is 0.500. The lowest BCUT2D eigenvalue weighted by Gasteiger charge is -2.13. The number of benzene rings is 1. The number of thiocarbonyl (C=S) groups is 1. The molecule has 2 aliphatic rings. The number of nitrogens with one attached hydrogen (secondary N) is 2. The predicted octanol–water partition coefficient (Wildman–Crippen LogP) is 3.17. The number of nitrogens with zero attached hydrogens (tertiary/aromatic N) is 1. The molecule has 2 fully saturated rings. The lowest BCUT2D eigenvalue weighted by Crippen LogP contribution is -2.34. The number of ether oxygens (including phenoxy) is 1. The molecule has 22 heavy (non-hydrogen) atoms. The second kappa shape index (κ2) is 5.85. The molecule has 116 valence electrons. The summed E-state index contributed by atoms with van der Waals surface area (Å²) in [5, 5.41) is 7.01. The number of oxazole rings is 1. The van der Waals surface area contributed by atoms with Gasteiger partial charge in [0.2, 0.25) is 0 Å². The largest absolute Gasteiger partial charge is 0.440 e. The van der Waals surface area contributed by atoms with E-state index in [1.54, 1.807) is 0 Å². The lowest BCUT2D eigenvalue weighted by molar-refractivity contribution is 0.114. The van der Waals surface area contributed by atoms with E-state index in [4.69, 9.17) is 21.4 Å². The van der Waals surface area contributed by atoms with Crippen molar-refractivity contribution in [1.29, 1.82) is 0 Å². The third-order valence-electron chi connectivity index (χ3n) is 4.10. The molecule has 4 rings (SSSR count). The van der Waals surface area contributed by atoms with Crippen molar-refractivity contribution in [2.75, 3.05) is 18.5 Å². The highest BCUT2D eigenvalue weighted by molar-refractivity contribution is 7.80. The van der Waals surface area contributed by atoms with Crippen LogP contribution < -0.4 is 10.6 Å². The molecule has 0 bridgehead atoms. The van der Waals surface area contributed by atoms with Crippen LogP contribution in [-0.4, -0.2) is 29.4 Å². The minimum absolute atomic E-state index is 0.277. The zero-order chi connectivity index (χ0) is 14.9. The van der Waals surface area contributed by atoms with E-state index in [0.717, 1.165) is 48.7 Å². The van der Waals surface area contributed by atoms with Gasteiger partial charge >= 0.3 is 0 Å². The van der Waals surface area contributed by atoms with Crippen LogP contribution in [0.2, 0.25) is 0 Å². The SMILES string of the molecule is S=C(NCC1CCCO1)Nc1ccc2oc(C3CC3)nc2c1. The molecule has 1 saturated heterocycles. The summed E-state index contributed by atoms with van der Waals surface area (Å²) in [6, 6.07) is 5.88. The zero-order valence-corrected chi connectivity index (χ0v) is 13.1. The number of hydrogen-bond donors (Lipinski definition) is 2. The maximum Gasteiger partial charge on any atom is 0.198 e. The Bertz CT molecular complexity index is 690. The van der Waals surface area contributed by atoms with Gasteiger partial charge in [-0.25, -0.2) is 4.98 Å². The fourth-order valence-corrected chi connectivity index (χ4v) is 2.92. The first-order chi connectivity index (χ1) is 10.8. The molecule has 2 N–H and O–H groups in total. The highest BCUT2D eigenvalue weighted by Crippen LogP contribution is 2.40. The van der Waals surface area contributed by atoms with Gasteiger partial charge in [0, 0.05) is 24.8 Å². The monoisotopic (exact) mass is 317 g/mol. The van der Waals surface area contributed by atoms with E-state index in [-0.39, 0.29) is 6.10 Å². The van der Waals surface area contributed by atoms with Crippen molar-refractivity contribution in [3.63, 3.8) is 0 Å². The summed E-state index contributed by atoms with van der Waals surface area (Å²) in [5.74, 6) is 1.39. The first-order valence-electron chi connectivity index (χ1n) is 7.85. The molecule has 2 heterocycles. The van der Waals surface area contributed by atoms with Gasteiger partial charge in [-0.05, 0) is 56.1 Å². The van der Waals surface area contributed by atoms with E-state index < -0.39 is 0 Å². The first-order valence-corrected chi connectivity index (χ1v) is 8.26. The van der Waals surface area contributed by atoms with Crippen molar-refractivity contribution in [2.45, 2.75) is 37.7 Å². The van der Waals surface area contributed by atoms with Gasteiger partial charge in [0.15, 0.2) is 16.6 Å². The van der Waals surface area contributed by atoms with Crippen molar-refractivity contribution < 1.29 is 9.15 Å². The summed E-state index contributed by atoms with van der Waals surface area (Å²) in [4.78, 5) is 4.56. The minimum Gasteiger partial charge on any atom is -0.440 e. The number of rotatable bonds is 4. The van der Waals surface area contributed by atoms with Gasteiger partial charge in [-0.1, -0.05) is 0 Å². The highest BCUT2D eigenvalue weighted by atomic mass is 32.1. The number of anilines is 1. The Morgan fingerprint density at radius 3 is 3.00 bits per heavy atom. The summed E-state index contributed by atoms with van der Waals surface area (Å²) in [7, 11) is 0. The van der Waals surface area contributed by atoms with Gasteiger partial charge in [0.25, 0.3) is 0 Å². The number of fused-ring (bicyclic) bond motifs is 1. The first kappa shape index (κ1) is 14.0. The topological polar surface area (TPSA) is 59.3 Å². The predicted molar refractivity (Wildman–Crippen MR) is 89.2 cm³/mol. The molecule has 1 atom stereocenters. The van der Waals surface area contributed by atoms with Crippen LogP contribution in [0, 0.1) is 0 Å². The summed E-state index contributed by atoms with van der Waals surface area (Å²) < 4.78 is 11.3. The molecule has 1 aliphatic carbocycles. The van der Waals surface area contributed by atoms with Gasteiger partial charge < -0.3 is 19.8 Å². The average Bonchev–Trinajstić information content (AvgIpc) is 3.08. The summed E-state index contributed by atoms with van der Waals surface area (Å²) in [6.45, 7) is 1.61. The van der Waals surface area contributed by atoms with Crippen LogP contribution in [0.15, 0.2) is 22.6 Å². The van der Waals surface area contributed by atoms with E-state index in [1.165, 1.54) is 12.8 Å². The normalized spacial score (nSPS) is 21.2. The van der Waals surface area contributed by atoms with Crippen LogP contribution in [0.25, 0.3) is 11.1 Å². The van der Waals surface area contributed by atoms with Gasteiger partial charge in [-0.2, -0.15) is 0 Å². The maximum atomic E-state index is 5.76. The van der Waals surface area contributed by atoms with Crippen molar-refractivity contribution in [3.05, 3.63) is 24.1 Å². The minimum atomic E-state index is 0.277. The van der Waals surface area contributed by atoms with Crippen LogP contribution in [0.3, 0.4) is 0 Å². The molecule has 1 aromatic carbocycles. The molecule has 1 saturated carbocycles. The summed E-state index contributed by atoms with van der Waals surface area (Å²) in [6.07, 6.45) is 4.90. The van der Waals surface area contributed by atoms with Crippen molar-refractivity contribution >= 4 is 34.1 Å². The molecule has 1 unspecified atom stereocenters. The number of hydrogen-bond acceptors (Lipinski definition) is 4. The molecule has 0 spiro atoms. The second-order valence-electron chi connectivity index (χ2n) is 5.98. The molecule has 1 aliphatic heterocycles. The zero-order valence-electron chi connectivity index (χ0n) is 12.3. The number of aromatic nitrogens is 1. The third-order valence-corrected chi connectivity index (χ3v) is 4.35. The Kier molecular flexibility index (Phi) is 3.72. The molecule has 1 aromatic heterocycles. The van der Waals surface area contributed by atoms with Gasteiger partial charge in [-0.15, -0.1) is 0 Å². The molecule has 0 radical (unpaired) electrons. The Morgan fingerprint density at radius 2 is 2.23 bits per heavy atom. The molecule has 2 aromatic rings. The molecule has 5 nitrogen and oxygen atoms in total. The van der Waals surface area contributed by atoms with Crippen molar-refractivity contribution in [1.82, 2.24) is 10.3 Å². The average molecular weight is 317 g/mol. The third kappa shape index (κ3) is 3.08. The quantitative estimate of drug-likeness (QED) is 0.845. The van der Waals surface area contributed by atoms with Crippen LogP contribution in [0.1, 0.15) is 37.5 Å². The highest BCUT2D eigenvalue weighted by Gasteiger charge is 2.28. The van der Waals surface area contributed by atoms with E-state index in [9.17, 15) is 0 Å². The molecule has 6 heteroatoms. The Hall–Kier alpha value is -1.66. The van der Waals surface area contributed by atoms with E-state index >= 15 is 0 Å². The standard InChI is InChI=1S/C16H19N3O2S/c22-16(17-9-12-2-1-7-20-12)18-11-5-6-14-13(8-11)19-15(21-14)10-3-4-10/h5-6,8,10,12H,1-4,7,9H2,(H2,17,18,22). The van der Waals surface area contributed by atoms with E-state index in [1.807, 2.05) is 18.2 Å². The molecule has 0 amide bonds. The van der Waals surface area contributed by atoms with E-state index in [0.29, 0.717) is 11.0 Å². The summed E-state index contributed by atoms with van der Waals surface area (Å²) in [5.41, 5.74) is 2.65. The molecular weight excluding hydrogens is 298 g/mol. The summed E-state index contributed by atoms with van der Waals surface area (Å²) >= 11 is 5.33. The van der Waals surface area contributed by atoms with Crippen LogP contribution in [0.4, 0.5) is 5.69 Å². The van der Waals surface area contributed by atoms with Crippen LogP contribution in [0.5, 0.6) is 0 Å². The van der Waals surface area contributed by atoms with Crippen LogP contribution in [-0.2, 0) is 4.74 Å². The van der Waals surface area contributed by atoms with Gasteiger partial charge in [0.1, 0.15) is 5.52 Å².